The number of H-pyrrole nitrogens is 1. The number of rotatable bonds is 6. The zero-order valence-corrected chi connectivity index (χ0v) is 12.9. The zero-order chi connectivity index (χ0) is 17.8. The van der Waals surface area contributed by atoms with E-state index in [1.54, 1.807) is 18.2 Å². The fourth-order valence-electron chi connectivity index (χ4n) is 2.17. The molecule has 2 aromatic carbocycles. The van der Waals surface area contributed by atoms with Crippen molar-refractivity contribution >= 4 is 5.69 Å². The summed E-state index contributed by atoms with van der Waals surface area (Å²) in [7, 11) is 0. The summed E-state index contributed by atoms with van der Waals surface area (Å²) >= 11 is 0. The number of nitro groups is 1. The van der Waals surface area contributed by atoms with Gasteiger partial charge in [-0.2, -0.15) is 5.10 Å². The Hall–Kier alpha value is -3.33. The summed E-state index contributed by atoms with van der Waals surface area (Å²) in [6.07, 6.45) is 0. The number of hydrogen-bond acceptors (Lipinski definition) is 6. The highest BCUT2D eigenvalue weighted by Gasteiger charge is 2.15. The molecule has 1 aromatic heterocycles. The molecule has 0 spiro atoms. The van der Waals surface area contributed by atoms with Crippen molar-refractivity contribution in [3.8, 4) is 5.75 Å². The lowest BCUT2D eigenvalue weighted by molar-refractivity contribution is -0.384. The topological polar surface area (TPSA) is 120 Å². The maximum absolute atomic E-state index is 13.0. The minimum atomic E-state index is -0.608. The number of aromatic amines is 1. The van der Waals surface area contributed by atoms with Crippen LogP contribution < -0.4 is 10.5 Å². The summed E-state index contributed by atoms with van der Waals surface area (Å²) in [5, 5.41) is 17.5. The highest BCUT2D eigenvalue weighted by Crippen LogP contribution is 2.20. The number of aromatic nitrogens is 3. The van der Waals surface area contributed by atoms with Crippen LogP contribution in [0.4, 0.5) is 10.1 Å². The highest BCUT2D eigenvalue weighted by atomic mass is 19.1. The monoisotopic (exact) mass is 343 g/mol. The maximum Gasteiger partial charge on any atom is 0.273 e. The molecule has 0 unspecified atom stereocenters. The Morgan fingerprint density at radius 2 is 2.04 bits per heavy atom. The number of halogens is 1. The van der Waals surface area contributed by atoms with E-state index >= 15 is 0 Å². The van der Waals surface area contributed by atoms with Gasteiger partial charge in [-0.3, -0.25) is 15.2 Å². The van der Waals surface area contributed by atoms with E-state index < -0.39 is 11.0 Å². The molecule has 0 amide bonds. The lowest BCUT2D eigenvalue weighted by atomic mass is 10.1. The molecule has 0 saturated carbocycles. The van der Waals surface area contributed by atoms with Crippen LogP contribution in [0.15, 0.2) is 48.5 Å². The van der Waals surface area contributed by atoms with Gasteiger partial charge >= 0.3 is 0 Å². The highest BCUT2D eigenvalue weighted by molar-refractivity contribution is 5.38. The summed E-state index contributed by atoms with van der Waals surface area (Å²) in [6.45, 7) is 0.0459. The van der Waals surface area contributed by atoms with Gasteiger partial charge < -0.3 is 10.5 Å². The summed E-state index contributed by atoms with van der Waals surface area (Å²) < 4.78 is 18.4. The summed E-state index contributed by atoms with van der Waals surface area (Å²) in [5.74, 6) is 0.746. The van der Waals surface area contributed by atoms with Gasteiger partial charge in [0.05, 0.1) is 17.0 Å². The molecule has 9 heteroatoms. The van der Waals surface area contributed by atoms with Gasteiger partial charge in [-0.25, -0.2) is 9.37 Å². The van der Waals surface area contributed by atoms with Crippen molar-refractivity contribution in [1.82, 2.24) is 15.2 Å². The van der Waals surface area contributed by atoms with Crippen molar-refractivity contribution in [1.29, 1.82) is 0 Å². The first-order valence-corrected chi connectivity index (χ1v) is 7.32. The van der Waals surface area contributed by atoms with Crippen molar-refractivity contribution in [2.45, 2.75) is 12.6 Å². The molecule has 8 nitrogen and oxygen atoms in total. The smallest absolute Gasteiger partial charge is 0.273 e. The van der Waals surface area contributed by atoms with E-state index in [0.717, 1.165) is 0 Å². The van der Waals surface area contributed by atoms with Gasteiger partial charge in [-0.1, -0.05) is 18.2 Å². The number of nitrogens with two attached hydrogens (primary N) is 1. The Bertz CT molecular complexity index is 881. The Morgan fingerprint density at radius 1 is 1.28 bits per heavy atom. The molecule has 0 saturated heterocycles. The fourth-order valence-corrected chi connectivity index (χ4v) is 2.17. The minimum absolute atomic E-state index is 0.0459. The van der Waals surface area contributed by atoms with Gasteiger partial charge in [0.2, 0.25) is 0 Å². The lowest BCUT2D eigenvalue weighted by Gasteiger charge is -2.07. The van der Waals surface area contributed by atoms with E-state index in [1.807, 2.05) is 0 Å². The summed E-state index contributed by atoms with van der Waals surface area (Å²) in [5.41, 5.74) is 6.67. The lowest BCUT2D eigenvalue weighted by Crippen LogP contribution is -2.13. The predicted molar refractivity (Wildman–Crippen MR) is 86.2 cm³/mol. The SMILES string of the molecule is N[C@@H](c1ccc(F)cc1)c1n[nH]c(COc2cccc([N+](=O)[O-])c2)n1. The third-order valence-corrected chi connectivity index (χ3v) is 3.46. The van der Waals surface area contributed by atoms with Gasteiger partial charge in [0.25, 0.3) is 5.69 Å². The maximum atomic E-state index is 13.0. The van der Waals surface area contributed by atoms with Crippen molar-refractivity contribution in [3.63, 3.8) is 0 Å². The quantitative estimate of drug-likeness (QED) is 0.524. The number of ether oxygens (including phenoxy) is 1. The molecule has 3 rings (SSSR count). The normalized spacial score (nSPS) is 11.9. The zero-order valence-electron chi connectivity index (χ0n) is 12.9. The number of benzene rings is 2. The molecule has 0 aliphatic carbocycles. The van der Waals surface area contributed by atoms with Gasteiger partial charge in [0.1, 0.15) is 18.2 Å². The molecular formula is C16H14FN5O3. The average molecular weight is 343 g/mol. The van der Waals surface area contributed by atoms with Crippen LogP contribution >= 0.6 is 0 Å². The fraction of sp³-hybridized carbons (Fsp3) is 0.125. The molecule has 128 valence electrons. The molecule has 0 bridgehead atoms. The van der Waals surface area contributed by atoms with Gasteiger partial charge in [0.15, 0.2) is 11.6 Å². The van der Waals surface area contributed by atoms with Crippen molar-refractivity contribution in [2.24, 2.45) is 5.73 Å². The Labute approximate surface area is 141 Å². The van der Waals surface area contributed by atoms with E-state index in [9.17, 15) is 14.5 Å². The van der Waals surface area contributed by atoms with Gasteiger partial charge in [-0.15, -0.1) is 0 Å². The van der Waals surface area contributed by atoms with Crippen LogP contribution in [0, 0.1) is 15.9 Å². The van der Waals surface area contributed by atoms with Crippen LogP contribution in [0.25, 0.3) is 0 Å². The van der Waals surface area contributed by atoms with Crippen molar-refractivity contribution in [2.75, 3.05) is 0 Å². The standard InChI is InChI=1S/C16H14FN5O3/c17-11-6-4-10(5-7-11)15(18)16-19-14(20-21-16)9-25-13-3-1-2-12(8-13)22(23)24/h1-8,15H,9,18H2,(H,19,20,21)/t15-/m0/s1. The third kappa shape index (κ3) is 3.96. The molecule has 0 aliphatic heterocycles. The van der Waals surface area contributed by atoms with E-state index in [1.165, 1.54) is 30.3 Å². The van der Waals surface area contributed by atoms with Gasteiger partial charge in [-0.05, 0) is 23.8 Å². The van der Waals surface area contributed by atoms with E-state index in [4.69, 9.17) is 10.5 Å². The molecular weight excluding hydrogens is 329 g/mol. The van der Waals surface area contributed by atoms with Crippen molar-refractivity contribution in [3.05, 3.63) is 81.7 Å². The second-order valence-corrected chi connectivity index (χ2v) is 5.21. The first kappa shape index (κ1) is 16.5. The van der Waals surface area contributed by atoms with Crippen molar-refractivity contribution < 1.29 is 14.1 Å². The average Bonchev–Trinajstić information content (AvgIpc) is 3.09. The predicted octanol–water partition coefficient (Wildman–Crippen LogP) is 2.48. The molecule has 1 atom stereocenters. The Morgan fingerprint density at radius 3 is 2.76 bits per heavy atom. The second kappa shape index (κ2) is 7.05. The second-order valence-electron chi connectivity index (χ2n) is 5.21. The first-order valence-electron chi connectivity index (χ1n) is 7.32. The van der Waals surface area contributed by atoms with Crippen LogP contribution in [0.3, 0.4) is 0 Å². The molecule has 1 heterocycles. The first-order chi connectivity index (χ1) is 12.0. The Kier molecular flexibility index (Phi) is 4.66. The number of nitrogens with one attached hydrogen (secondary N) is 1. The van der Waals surface area contributed by atoms with E-state index in [2.05, 4.69) is 15.2 Å². The number of hydrogen-bond donors (Lipinski definition) is 2. The number of nitrogens with zero attached hydrogens (tertiary/aromatic N) is 3. The number of non-ortho nitro benzene ring substituents is 1. The number of nitro benzene ring substituents is 1. The van der Waals surface area contributed by atoms with Crippen LogP contribution in [-0.2, 0) is 6.61 Å². The molecule has 0 radical (unpaired) electrons. The molecule has 3 N–H and O–H groups in total. The van der Waals surface area contributed by atoms with E-state index in [0.29, 0.717) is 23.0 Å². The van der Waals surface area contributed by atoms with Crippen LogP contribution in [0.5, 0.6) is 5.75 Å². The van der Waals surface area contributed by atoms with Crippen LogP contribution in [-0.4, -0.2) is 20.1 Å². The molecule has 0 fully saturated rings. The minimum Gasteiger partial charge on any atom is -0.485 e. The molecule has 25 heavy (non-hydrogen) atoms. The largest absolute Gasteiger partial charge is 0.485 e. The molecule has 3 aromatic rings. The van der Waals surface area contributed by atoms with Gasteiger partial charge in [0, 0.05) is 6.07 Å². The van der Waals surface area contributed by atoms with E-state index in [-0.39, 0.29) is 18.1 Å². The van der Waals surface area contributed by atoms with Crippen LogP contribution in [0.1, 0.15) is 23.3 Å². The van der Waals surface area contributed by atoms with Crippen LogP contribution in [0.2, 0.25) is 0 Å². The summed E-state index contributed by atoms with van der Waals surface area (Å²) in [4.78, 5) is 14.5. The summed E-state index contributed by atoms with van der Waals surface area (Å²) in [6, 6.07) is 11.0. The Balaban J connectivity index is 1.66. The third-order valence-electron chi connectivity index (χ3n) is 3.46. The molecule has 0 aliphatic rings.